The lowest BCUT2D eigenvalue weighted by molar-refractivity contribution is -0.116. The summed E-state index contributed by atoms with van der Waals surface area (Å²) in [5.41, 5.74) is 0.930. The normalized spacial score (nSPS) is 12.4. The molecular formula is C13H17ClOS. The van der Waals surface area contributed by atoms with Crippen molar-refractivity contribution in [1.29, 1.82) is 0 Å². The van der Waals surface area contributed by atoms with E-state index in [1.165, 1.54) is 0 Å². The molecule has 0 saturated heterocycles. The number of carbonyl (C=O) groups is 1. The molecule has 0 aliphatic heterocycles. The second-order valence-corrected chi connectivity index (χ2v) is 5.67. The molecule has 0 radical (unpaired) electrons. The van der Waals surface area contributed by atoms with Crippen LogP contribution in [0.1, 0.15) is 25.8 Å². The monoisotopic (exact) mass is 256 g/mol. The number of hydrogen-bond donors (Lipinski definition) is 0. The average Bonchev–Trinajstić information content (AvgIpc) is 2.29. The van der Waals surface area contributed by atoms with Crippen LogP contribution in [0.4, 0.5) is 0 Å². The molecule has 0 aromatic heterocycles. The van der Waals surface area contributed by atoms with Crippen molar-refractivity contribution in [2.75, 3.05) is 5.75 Å². The van der Waals surface area contributed by atoms with Crippen LogP contribution in [0.15, 0.2) is 24.3 Å². The van der Waals surface area contributed by atoms with Crippen molar-refractivity contribution in [1.82, 2.24) is 0 Å². The van der Waals surface area contributed by atoms with E-state index in [4.69, 9.17) is 11.6 Å². The predicted molar refractivity (Wildman–Crippen MR) is 72.4 cm³/mol. The SMILES string of the molecule is CCC(C)SCC(=O)Cc1ccccc1Cl. The molecule has 1 aromatic rings. The molecule has 0 spiro atoms. The van der Waals surface area contributed by atoms with Gasteiger partial charge in [-0.25, -0.2) is 0 Å². The summed E-state index contributed by atoms with van der Waals surface area (Å²) in [4.78, 5) is 11.7. The molecule has 0 aliphatic rings. The average molecular weight is 257 g/mol. The van der Waals surface area contributed by atoms with Crippen molar-refractivity contribution in [3.05, 3.63) is 34.9 Å². The first-order valence-electron chi connectivity index (χ1n) is 5.50. The summed E-state index contributed by atoms with van der Waals surface area (Å²) in [6.07, 6.45) is 1.55. The van der Waals surface area contributed by atoms with Crippen molar-refractivity contribution >= 4 is 29.1 Å². The highest BCUT2D eigenvalue weighted by atomic mass is 35.5. The van der Waals surface area contributed by atoms with Gasteiger partial charge in [0.15, 0.2) is 0 Å². The fourth-order valence-electron chi connectivity index (χ4n) is 1.26. The van der Waals surface area contributed by atoms with E-state index >= 15 is 0 Å². The van der Waals surface area contributed by atoms with Crippen LogP contribution in [0, 0.1) is 0 Å². The highest BCUT2D eigenvalue weighted by Crippen LogP contribution is 2.18. The number of halogens is 1. The second-order valence-electron chi connectivity index (χ2n) is 3.84. The van der Waals surface area contributed by atoms with Crippen LogP contribution >= 0.6 is 23.4 Å². The van der Waals surface area contributed by atoms with Crippen molar-refractivity contribution in [2.45, 2.75) is 31.9 Å². The van der Waals surface area contributed by atoms with Crippen molar-refractivity contribution in [2.24, 2.45) is 0 Å². The molecule has 1 atom stereocenters. The molecule has 16 heavy (non-hydrogen) atoms. The molecule has 1 aromatic carbocycles. The Kier molecular flexibility index (Phi) is 5.93. The third-order valence-electron chi connectivity index (χ3n) is 2.45. The van der Waals surface area contributed by atoms with E-state index in [9.17, 15) is 4.79 Å². The largest absolute Gasteiger partial charge is 0.298 e. The Bertz CT molecular complexity index is 352. The number of benzene rings is 1. The Hall–Kier alpha value is -0.470. The highest BCUT2D eigenvalue weighted by molar-refractivity contribution is 8.00. The Morgan fingerprint density at radius 1 is 1.44 bits per heavy atom. The maximum absolute atomic E-state index is 11.7. The van der Waals surface area contributed by atoms with Crippen LogP contribution < -0.4 is 0 Å². The van der Waals surface area contributed by atoms with E-state index < -0.39 is 0 Å². The van der Waals surface area contributed by atoms with E-state index in [-0.39, 0.29) is 5.78 Å². The smallest absolute Gasteiger partial charge is 0.147 e. The van der Waals surface area contributed by atoms with Crippen molar-refractivity contribution < 1.29 is 4.79 Å². The number of hydrogen-bond acceptors (Lipinski definition) is 2. The summed E-state index contributed by atoms with van der Waals surface area (Å²) < 4.78 is 0. The number of carbonyl (C=O) groups excluding carboxylic acids is 1. The molecule has 1 rings (SSSR count). The fourth-order valence-corrected chi connectivity index (χ4v) is 2.27. The number of thioether (sulfide) groups is 1. The summed E-state index contributed by atoms with van der Waals surface area (Å²) >= 11 is 7.72. The molecular weight excluding hydrogens is 240 g/mol. The van der Waals surface area contributed by atoms with E-state index in [0.717, 1.165) is 12.0 Å². The molecule has 0 saturated carbocycles. The minimum absolute atomic E-state index is 0.249. The lowest BCUT2D eigenvalue weighted by atomic mass is 10.1. The van der Waals surface area contributed by atoms with Crippen LogP contribution in [0.5, 0.6) is 0 Å². The molecule has 0 amide bonds. The molecule has 0 fully saturated rings. The zero-order valence-electron chi connectivity index (χ0n) is 9.70. The molecule has 0 bridgehead atoms. The van der Waals surface area contributed by atoms with Crippen molar-refractivity contribution in [3.8, 4) is 0 Å². The molecule has 1 nitrogen and oxygen atoms in total. The van der Waals surface area contributed by atoms with E-state index in [2.05, 4.69) is 13.8 Å². The van der Waals surface area contributed by atoms with Gasteiger partial charge >= 0.3 is 0 Å². The standard InChI is InChI=1S/C13H17ClOS/c1-3-10(2)16-9-12(15)8-11-6-4-5-7-13(11)14/h4-7,10H,3,8-9H2,1-2H3. The summed E-state index contributed by atoms with van der Waals surface area (Å²) in [7, 11) is 0. The van der Waals surface area contributed by atoms with Gasteiger partial charge in [0.1, 0.15) is 5.78 Å². The fraction of sp³-hybridized carbons (Fsp3) is 0.462. The van der Waals surface area contributed by atoms with E-state index in [1.54, 1.807) is 11.8 Å². The van der Waals surface area contributed by atoms with Gasteiger partial charge < -0.3 is 0 Å². The van der Waals surface area contributed by atoms with Gasteiger partial charge in [-0.2, -0.15) is 11.8 Å². The zero-order valence-corrected chi connectivity index (χ0v) is 11.3. The van der Waals surface area contributed by atoms with Gasteiger partial charge in [0, 0.05) is 16.7 Å². The first-order valence-corrected chi connectivity index (χ1v) is 6.92. The maximum Gasteiger partial charge on any atom is 0.147 e. The molecule has 0 aliphatic carbocycles. The first kappa shape index (κ1) is 13.6. The van der Waals surface area contributed by atoms with E-state index in [0.29, 0.717) is 22.4 Å². The number of ketones is 1. The summed E-state index contributed by atoms with van der Waals surface area (Å²) in [5.74, 6) is 0.832. The second kappa shape index (κ2) is 6.97. The van der Waals surface area contributed by atoms with Crippen LogP contribution in [0.25, 0.3) is 0 Å². The minimum Gasteiger partial charge on any atom is -0.298 e. The lowest BCUT2D eigenvalue weighted by Gasteiger charge is -2.07. The van der Waals surface area contributed by atoms with Gasteiger partial charge in [-0.3, -0.25) is 4.79 Å². The topological polar surface area (TPSA) is 17.1 Å². The lowest BCUT2D eigenvalue weighted by Crippen LogP contribution is -2.08. The highest BCUT2D eigenvalue weighted by Gasteiger charge is 2.08. The van der Waals surface area contributed by atoms with Crippen LogP contribution in [0.3, 0.4) is 0 Å². The predicted octanol–water partition coefficient (Wildman–Crippen LogP) is 3.98. The van der Waals surface area contributed by atoms with E-state index in [1.807, 2.05) is 24.3 Å². The van der Waals surface area contributed by atoms with Gasteiger partial charge in [0.25, 0.3) is 0 Å². The Labute approximate surface area is 107 Å². The number of Topliss-reactive ketones (excluding diaryl/α,β-unsaturated/α-hetero) is 1. The van der Waals surface area contributed by atoms with Gasteiger partial charge in [-0.05, 0) is 18.1 Å². The molecule has 3 heteroatoms. The third kappa shape index (κ3) is 4.58. The Balaban J connectivity index is 2.43. The molecule has 1 unspecified atom stereocenters. The maximum atomic E-state index is 11.7. The third-order valence-corrected chi connectivity index (χ3v) is 4.21. The first-order chi connectivity index (χ1) is 7.63. The molecule has 0 N–H and O–H groups in total. The van der Waals surface area contributed by atoms with Crippen LogP contribution in [-0.4, -0.2) is 16.8 Å². The Morgan fingerprint density at radius 2 is 2.12 bits per heavy atom. The van der Waals surface area contributed by atoms with Crippen LogP contribution in [0.2, 0.25) is 5.02 Å². The van der Waals surface area contributed by atoms with Gasteiger partial charge in [-0.15, -0.1) is 0 Å². The minimum atomic E-state index is 0.249. The van der Waals surface area contributed by atoms with Gasteiger partial charge in [0.05, 0.1) is 5.75 Å². The van der Waals surface area contributed by atoms with Crippen molar-refractivity contribution in [3.63, 3.8) is 0 Å². The molecule has 88 valence electrons. The van der Waals surface area contributed by atoms with Gasteiger partial charge in [-0.1, -0.05) is 43.6 Å². The zero-order chi connectivity index (χ0) is 12.0. The van der Waals surface area contributed by atoms with Gasteiger partial charge in [0.2, 0.25) is 0 Å². The quantitative estimate of drug-likeness (QED) is 0.766. The van der Waals surface area contributed by atoms with Crippen LogP contribution in [-0.2, 0) is 11.2 Å². The number of rotatable bonds is 6. The summed E-state index contributed by atoms with van der Waals surface area (Å²) in [6.45, 7) is 4.28. The Morgan fingerprint density at radius 3 is 2.75 bits per heavy atom. The summed E-state index contributed by atoms with van der Waals surface area (Å²) in [5, 5.41) is 1.24. The summed E-state index contributed by atoms with van der Waals surface area (Å²) in [6, 6.07) is 7.53. The molecule has 0 heterocycles.